The van der Waals surface area contributed by atoms with Crippen LogP contribution in [0.1, 0.15) is 55.4 Å². The summed E-state index contributed by atoms with van der Waals surface area (Å²) in [5.41, 5.74) is 2.93. The number of allylic oxidation sites excluding steroid dienone is 1. The van der Waals surface area contributed by atoms with Crippen molar-refractivity contribution in [2.75, 3.05) is 6.54 Å². The number of nitrogens with zero attached hydrogens (tertiary/aromatic N) is 3. The van der Waals surface area contributed by atoms with Gasteiger partial charge in [-0.2, -0.15) is 5.10 Å². The molecule has 0 saturated heterocycles. The van der Waals surface area contributed by atoms with Crippen LogP contribution in [-0.2, 0) is 24.2 Å². The van der Waals surface area contributed by atoms with Crippen molar-refractivity contribution < 1.29 is 14.3 Å². The number of hydrogen-bond acceptors (Lipinski definition) is 4. The minimum atomic E-state index is -0.527. The SMILES string of the molecule is C=C1CCC(=O)c2c3c(nn2C1)CCN(C(=O)OC(C)(C)C)C3. The summed E-state index contributed by atoms with van der Waals surface area (Å²) in [6.07, 6.45) is 1.47. The van der Waals surface area contributed by atoms with Crippen molar-refractivity contribution >= 4 is 11.9 Å². The van der Waals surface area contributed by atoms with Crippen LogP contribution in [0.3, 0.4) is 0 Å². The lowest BCUT2D eigenvalue weighted by Crippen LogP contribution is -2.40. The molecule has 0 atom stereocenters. The Kier molecular flexibility index (Phi) is 3.78. The molecule has 6 nitrogen and oxygen atoms in total. The number of ketones is 1. The van der Waals surface area contributed by atoms with Crippen molar-refractivity contribution in [2.24, 2.45) is 0 Å². The monoisotopic (exact) mass is 317 g/mol. The van der Waals surface area contributed by atoms with Gasteiger partial charge in [0.25, 0.3) is 0 Å². The first-order valence-corrected chi connectivity index (χ1v) is 8.01. The van der Waals surface area contributed by atoms with E-state index in [9.17, 15) is 9.59 Å². The summed E-state index contributed by atoms with van der Waals surface area (Å²) in [7, 11) is 0. The predicted octanol–water partition coefficient (Wildman–Crippen LogP) is 2.71. The molecule has 2 aliphatic rings. The third-order valence-electron chi connectivity index (χ3n) is 4.10. The lowest BCUT2D eigenvalue weighted by molar-refractivity contribution is 0.0222. The molecule has 0 fully saturated rings. The molecule has 0 bridgehead atoms. The smallest absolute Gasteiger partial charge is 0.410 e. The Bertz CT molecular complexity index is 682. The molecule has 1 amide bonds. The summed E-state index contributed by atoms with van der Waals surface area (Å²) in [4.78, 5) is 26.4. The number of ether oxygens (including phenoxy) is 1. The molecule has 0 saturated carbocycles. The molecule has 0 N–H and O–H groups in total. The quantitative estimate of drug-likeness (QED) is 0.690. The van der Waals surface area contributed by atoms with Crippen LogP contribution in [0.5, 0.6) is 0 Å². The van der Waals surface area contributed by atoms with Gasteiger partial charge in [0, 0.05) is 24.9 Å². The number of amides is 1. The van der Waals surface area contributed by atoms with E-state index in [1.54, 1.807) is 9.58 Å². The molecule has 23 heavy (non-hydrogen) atoms. The van der Waals surface area contributed by atoms with Crippen LogP contribution in [0.25, 0.3) is 0 Å². The third kappa shape index (κ3) is 3.16. The van der Waals surface area contributed by atoms with Gasteiger partial charge in [-0.25, -0.2) is 4.79 Å². The van der Waals surface area contributed by atoms with Gasteiger partial charge in [-0.15, -0.1) is 0 Å². The van der Waals surface area contributed by atoms with Crippen molar-refractivity contribution in [1.82, 2.24) is 14.7 Å². The van der Waals surface area contributed by atoms with Crippen LogP contribution < -0.4 is 0 Å². The second kappa shape index (κ2) is 5.51. The van der Waals surface area contributed by atoms with Gasteiger partial charge in [0.1, 0.15) is 11.3 Å². The van der Waals surface area contributed by atoms with E-state index in [0.29, 0.717) is 44.6 Å². The van der Waals surface area contributed by atoms with Crippen LogP contribution in [0, 0.1) is 0 Å². The van der Waals surface area contributed by atoms with Crippen molar-refractivity contribution in [3.63, 3.8) is 0 Å². The zero-order chi connectivity index (χ0) is 16.8. The highest BCUT2D eigenvalue weighted by molar-refractivity contribution is 5.96. The van der Waals surface area contributed by atoms with E-state index in [0.717, 1.165) is 16.8 Å². The van der Waals surface area contributed by atoms with Crippen molar-refractivity contribution in [1.29, 1.82) is 0 Å². The fourth-order valence-electron chi connectivity index (χ4n) is 3.03. The van der Waals surface area contributed by atoms with E-state index >= 15 is 0 Å². The minimum absolute atomic E-state index is 0.0865. The fourth-order valence-corrected chi connectivity index (χ4v) is 3.03. The lowest BCUT2D eigenvalue weighted by atomic mass is 10.0. The van der Waals surface area contributed by atoms with Gasteiger partial charge < -0.3 is 9.64 Å². The Balaban J connectivity index is 1.88. The maximum Gasteiger partial charge on any atom is 0.410 e. The van der Waals surface area contributed by atoms with E-state index in [1.165, 1.54) is 0 Å². The number of hydrogen-bond donors (Lipinski definition) is 0. The van der Waals surface area contributed by atoms with Crippen molar-refractivity contribution in [3.05, 3.63) is 29.1 Å². The zero-order valence-corrected chi connectivity index (χ0v) is 14.0. The van der Waals surface area contributed by atoms with E-state index < -0.39 is 5.60 Å². The van der Waals surface area contributed by atoms with Crippen LogP contribution in [0.15, 0.2) is 12.2 Å². The molecule has 0 spiro atoms. The molecule has 0 radical (unpaired) electrons. The van der Waals surface area contributed by atoms with Crippen LogP contribution in [-0.4, -0.2) is 38.7 Å². The number of carbonyl (C=O) groups is 2. The molecule has 3 rings (SSSR count). The molecule has 1 aromatic rings. The Labute approximate surface area is 136 Å². The van der Waals surface area contributed by atoms with Crippen LogP contribution in [0.2, 0.25) is 0 Å². The number of aromatic nitrogens is 2. The molecule has 0 aliphatic carbocycles. The molecule has 3 heterocycles. The number of fused-ring (bicyclic) bond motifs is 3. The molecule has 2 aliphatic heterocycles. The summed E-state index contributed by atoms with van der Waals surface area (Å²) in [6.45, 7) is 11.1. The number of carbonyl (C=O) groups excluding carboxylic acids is 2. The van der Waals surface area contributed by atoms with Gasteiger partial charge in [-0.05, 0) is 27.2 Å². The van der Waals surface area contributed by atoms with Gasteiger partial charge in [-0.1, -0.05) is 12.2 Å². The first kappa shape index (κ1) is 15.8. The first-order chi connectivity index (χ1) is 10.7. The average molecular weight is 317 g/mol. The first-order valence-electron chi connectivity index (χ1n) is 8.01. The Morgan fingerprint density at radius 2 is 1.96 bits per heavy atom. The minimum Gasteiger partial charge on any atom is -0.444 e. The van der Waals surface area contributed by atoms with E-state index in [-0.39, 0.29) is 11.9 Å². The standard InChI is InChI=1S/C17H23N3O3/c1-11-5-6-14(21)15-12-10-19(16(22)23-17(2,3)4)8-7-13(12)18-20(15)9-11/h1,5-10H2,2-4H3. The number of Topliss-reactive ketones (excluding diaryl/α,β-unsaturated/α-hetero) is 1. The molecule has 124 valence electrons. The summed E-state index contributed by atoms with van der Waals surface area (Å²) < 4.78 is 7.21. The van der Waals surface area contributed by atoms with Crippen LogP contribution >= 0.6 is 0 Å². The molecule has 0 unspecified atom stereocenters. The fraction of sp³-hybridized carbons (Fsp3) is 0.588. The highest BCUT2D eigenvalue weighted by Crippen LogP contribution is 2.28. The maximum absolute atomic E-state index is 12.5. The summed E-state index contributed by atoms with van der Waals surface area (Å²) in [5, 5.41) is 4.58. The Morgan fingerprint density at radius 1 is 1.22 bits per heavy atom. The Hall–Kier alpha value is -2.11. The number of rotatable bonds is 0. The van der Waals surface area contributed by atoms with Gasteiger partial charge in [-0.3, -0.25) is 9.48 Å². The molecular weight excluding hydrogens is 294 g/mol. The van der Waals surface area contributed by atoms with Crippen molar-refractivity contribution in [2.45, 2.75) is 58.7 Å². The highest BCUT2D eigenvalue weighted by atomic mass is 16.6. The van der Waals surface area contributed by atoms with Crippen molar-refractivity contribution in [3.8, 4) is 0 Å². The highest BCUT2D eigenvalue weighted by Gasteiger charge is 2.32. The van der Waals surface area contributed by atoms with Gasteiger partial charge in [0.05, 0.1) is 18.8 Å². The third-order valence-corrected chi connectivity index (χ3v) is 4.10. The predicted molar refractivity (Wildman–Crippen MR) is 85.3 cm³/mol. The largest absolute Gasteiger partial charge is 0.444 e. The summed E-state index contributed by atoms with van der Waals surface area (Å²) >= 11 is 0. The zero-order valence-electron chi connectivity index (χ0n) is 14.0. The van der Waals surface area contributed by atoms with E-state index in [4.69, 9.17) is 4.74 Å². The molecule has 6 heteroatoms. The second-order valence-electron chi connectivity index (χ2n) is 7.26. The van der Waals surface area contributed by atoms with Gasteiger partial charge in [0.15, 0.2) is 5.78 Å². The summed E-state index contributed by atoms with van der Waals surface area (Å²) in [6, 6.07) is 0. The second-order valence-corrected chi connectivity index (χ2v) is 7.26. The van der Waals surface area contributed by atoms with E-state index in [1.807, 2.05) is 20.8 Å². The molecule has 1 aromatic heterocycles. The van der Waals surface area contributed by atoms with Crippen LogP contribution in [0.4, 0.5) is 4.79 Å². The molecular formula is C17H23N3O3. The normalized spacial score (nSPS) is 18.3. The Morgan fingerprint density at radius 3 is 2.65 bits per heavy atom. The van der Waals surface area contributed by atoms with E-state index in [2.05, 4.69) is 11.7 Å². The lowest BCUT2D eigenvalue weighted by Gasteiger charge is -2.29. The van der Waals surface area contributed by atoms with Gasteiger partial charge >= 0.3 is 6.09 Å². The maximum atomic E-state index is 12.5. The topological polar surface area (TPSA) is 64.4 Å². The average Bonchev–Trinajstić information content (AvgIpc) is 2.72. The van der Waals surface area contributed by atoms with Gasteiger partial charge in [0.2, 0.25) is 0 Å². The summed E-state index contributed by atoms with van der Waals surface area (Å²) in [5.74, 6) is 0.0865. The molecule has 0 aromatic carbocycles.